The van der Waals surface area contributed by atoms with E-state index in [0.29, 0.717) is 12.5 Å². The third-order valence-corrected chi connectivity index (χ3v) is 2.06. The zero-order chi connectivity index (χ0) is 9.52. The van der Waals surface area contributed by atoms with Crippen LogP contribution in [0.15, 0.2) is 24.3 Å². The predicted molar refractivity (Wildman–Crippen MR) is 52.3 cm³/mol. The second-order valence-electron chi connectivity index (χ2n) is 3.13. The highest BCUT2D eigenvalue weighted by atomic mass is 16.5. The average molecular weight is 180 g/mol. The highest BCUT2D eigenvalue weighted by Gasteiger charge is 2.04. The molecule has 0 amide bonds. The minimum atomic E-state index is -0.235. The maximum atomic E-state index is 11.0. The maximum absolute atomic E-state index is 11.0. The molecule has 0 spiro atoms. The Hall–Kier alpha value is -1.05. The van der Waals surface area contributed by atoms with Crippen LogP contribution in [0.25, 0.3) is 0 Å². The van der Waals surface area contributed by atoms with E-state index in [1.54, 1.807) is 0 Å². The van der Waals surface area contributed by atoms with Gasteiger partial charge in [0.1, 0.15) is 0 Å². The molecule has 0 fully saturated rings. The molecule has 0 saturated carbocycles. The molecule has 0 bridgehead atoms. The Labute approximate surface area is 79.3 Å². The molecule has 13 heavy (non-hydrogen) atoms. The van der Waals surface area contributed by atoms with Gasteiger partial charge in [-0.2, -0.15) is 0 Å². The van der Waals surface area contributed by atoms with Crippen LogP contribution in [0.1, 0.15) is 26.2 Å². The van der Waals surface area contributed by atoms with Crippen LogP contribution in [0.3, 0.4) is 0 Å². The molecule has 0 saturated heterocycles. The summed E-state index contributed by atoms with van der Waals surface area (Å²) in [5.41, 5.74) is 0. The largest absolute Gasteiger partial charge is 0.463 e. The first-order valence-electron chi connectivity index (χ1n) is 4.84. The van der Waals surface area contributed by atoms with E-state index in [2.05, 4.69) is 12.2 Å². The normalized spacial score (nSPS) is 22.1. The minimum Gasteiger partial charge on any atom is -0.463 e. The molecule has 1 aliphatic rings. The maximum Gasteiger partial charge on any atom is 0.330 e. The van der Waals surface area contributed by atoms with E-state index in [1.165, 1.54) is 18.9 Å². The lowest BCUT2D eigenvalue weighted by molar-refractivity contribution is -0.137. The van der Waals surface area contributed by atoms with Crippen molar-refractivity contribution >= 4 is 5.97 Å². The van der Waals surface area contributed by atoms with E-state index in [-0.39, 0.29) is 5.97 Å². The predicted octanol–water partition coefficient (Wildman–Crippen LogP) is 2.46. The van der Waals surface area contributed by atoms with Crippen molar-refractivity contribution in [3.8, 4) is 0 Å². The van der Waals surface area contributed by atoms with Crippen molar-refractivity contribution in [2.24, 2.45) is 5.92 Å². The molecule has 1 rings (SSSR count). The van der Waals surface area contributed by atoms with Crippen LogP contribution in [0.5, 0.6) is 0 Å². The molecular weight excluding hydrogens is 164 g/mol. The molecule has 72 valence electrons. The van der Waals surface area contributed by atoms with Crippen molar-refractivity contribution in [2.75, 3.05) is 6.61 Å². The second kappa shape index (κ2) is 5.57. The highest BCUT2D eigenvalue weighted by Crippen LogP contribution is 2.17. The molecule has 2 nitrogen and oxygen atoms in total. The fraction of sp³-hybridized carbons (Fsp3) is 0.545. The van der Waals surface area contributed by atoms with E-state index in [9.17, 15) is 4.79 Å². The third-order valence-electron chi connectivity index (χ3n) is 2.06. The summed E-state index contributed by atoms with van der Waals surface area (Å²) in [4.78, 5) is 11.0. The number of carbonyl (C=O) groups is 1. The number of rotatable bonds is 3. The Kier molecular flexibility index (Phi) is 4.30. The van der Waals surface area contributed by atoms with Crippen molar-refractivity contribution in [3.63, 3.8) is 0 Å². The molecule has 1 unspecified atom stereocenters. The fourth-order valence-electron chi connectivity index (χ4n) is 1.39. The van der Waals surface area contributed by atoms with Crippen molar-refractivity contribution in [1.82, 2.24) is 0 Å². The standard InChI is InChI=1S/C11H16O2/c1-2-13-11(12)9-8-10-6-4-3-5-7-10/h4,6,8-10H,2-3,5,7H2,1H3. The van der Waals surface area contributed by atoms with Gasteiger partial charge in [-0.25, -0.2) is 4.79 Å². The zero-order valence-electron chi connectivity index (χ0n) is 8.03. The van der Waals surface area contributed by atoms with Crippen molar-refractivity contribution in [2.45, 2.75) is 26.2 Å². The topological polar surface area (TPSA) is 26.3 Å². The summed E-state index contributed by atoms with van der Waals surface area (Å²) in [6.07, 6.45) is 11.3. The van der Waals surface area contributed by atoms with Gasteiger partial charge >= 0.3 is 5.97 Å². The summed E-state index contributed by atoms with van der Waals surface area (Å²) in [5, 5.41) is 0. The number of carbonyl (C=O) groups excluding carboxylic acids is 1. The van der Waals surface area contributed by atoms with E-state index in [4.69, 9.17) is 4.74 Å². The summed E-state index contributed by atoms with van der Waals surface area (Å²) in [6.45, 7) is 2.26. The molecule has 0 heterocycles. The van der Waals surface area contributed by atoms with Crippen LogP contribution in [-0.4, -0.2) is 12.6 Å². The summed E-state index contributed by atoms with van der Waals surface area (Å²) in [6, 6.07) is 0. The van der Waals surface area contributed by atoms with Crippen LogP contribution in [0, 0.1) is 5.92 Å². The molecule has 2 heteroatoms. The lowest BCUT2D eigenvalue weighted by atomic mass is 9.96. The van der Waals surface area contributed by atoms with Crippen molar-refractivity contribution in [3.05, 3.63) is 24.3 Å². The lowest BCUT2D eigenvalue weighted by Crippen LogP contribution is -2.02. The lowest BCUT2D eigenvalue weighted by Gasteiger charge is -2.10. The average Bonchev–Trinajstić information content (AvgIpc) is 2.17. The third kappa shape index (κ3) is 3.92. The van der Waals surface area contributed by atoms with Gasteiger partial charge in [-0.05, 0) is 32.1 Å². The van der Waals surface area contributed by atoms with Crippen molar-refractivity contribution < 1.29 is 9.53 Å². The van der Waals surface area contributed by atoms with Gasteiger partial charge in [0.15, 0.2) is 0 Å². The van der Waals surface area contributed by atoms with Gasteiger partial charge in [0, 0.05) is 6.08 Å². The van der Waals surface area contributed by atoms with Gasteiger partial charge in [-0.1, -0.05) is 18.2 Å². The van der Waals surface area contributed by atoms with Gasteiger partial charge in [0.25, 0.3) is 0 Å². The van der Waals surface area contributed by atoms with Gasteiger partial charge < -0.3 is 4.74 Å². The number of hydrogen-bond acceptors (Lipinski definition) is 2. The summed E-state index contributed by atoms with van der Waals surface area (Å²) in [7, 11) is 0. The summed E-state index contributed by atoms with van der Waals surface area (Å²) < 4.78 is 4.78. The van der Waals surface area contributed by atoms with Crippen LogP contribution in [0.2, 0.25) is 0 Å². The Bertz CT molecular complexity index is 216. The molecule has 0 radical (unpaired) electrons. The van der Waals surface area contributed by atoms with Crippen LogP contribution in [-0.2, 0) is 9.53 Å². The van der Waals surface area contributed by atoms with E-state index in [0.717, 1.165) is 6.42 Å². The fourth-order valence-corrected chi connectivity index (χ4v) is 1.39. The van der Waals surface area contributed by atoms with Gasteiger partial charge in [-0.15, -0.1) is 0 Å². The molecule has 0 N–H and O–H groups in total. The van der Waals surface area contributed by atoms with Gasteiger partial charge in [0.05, 0.1) is 6.61 Å². The van der Waals surface area contributed by atoms with E-state index >= 15 is 0 Å². The summed E-state index contributed by atoms with van der Waals surface area (Å²) >= 11 is 0. The Morgan fingerprint density at radius 3 is 3.15 bits per heavy atom. The van der Waals surface area contributed by atoms with Gasteiger partial charge in [-0.3, -0.25) is 0 Å². The van der Waals surface area contributed by atoms with Crippen molar-refractivity contribution in [1.29, 1.82) is 0 Å². The highest BCUT2D eigenvalue weighted by molar-refractivity contribution is 5.81. The Balaban J connectivity index is 2.33. The molecule has 0 aromatic rings. The molecular formula is C11H16O2. The first kappa shape index (κ1) is 10.0. The van der Waals surface area contributed by atoms with Crippen LogP contribution >= 0.6 is 0 Å². The number of hydrogen-bond donors (Lipinski definition) is 0. The van der Waals surface area contributed by atoms with E-state index < -0.39 is 0 Å². The Morgan fingerprint density at radius 1 is 1.69 bits per heavy atom. The zero-order valence-corrected chi connectivity index (χ0v) is 8.03. The minimum absolute atomic E-state index is 0.235. The molecule has 0 aliphatic heterocycles. The number of esters is 1. The van der Waals surface area contributed by atoms with E-state index in [1.807, 2.05) is 13.0 Å². The van der Waals surface area contributed by atoms with Crippen LogP contribution < -0.4 is 0 Å². The van der Waals surface area contributed by atoms with Gasteiger partial charge in [0.2, 0.25) is 0 Å². The first-order valence-corrected chi connectivity index (χ1v) is 4.84. The number of allylic oxidation sites excluding steroid dienone is 3. The number of ether oxygens (including phenoxy) is 1. The molecule has 1 atom stereocenters. The first-order chi connectivity index (χ1) is 6.33. The smallest absolute Gasteiger partial charge is 0.330 e. The monoisotopic (exact) mass is 180 g/mol. The SMILES string of the molecule is CCOC(=O)C=CC1C=CCCC1. The Morgan fingerprint density at radius 2 is 2.54 bits per heavy atom. The molecule has 1 aliphatic carbocycles. The molecule has 0 aromatic heterocycles. The summed E-state index contributed by atoms with van der Waals surface area (Å²) in [5.74, 6) is 0.194. The second-order valence-corrected chi connectivity index (χ2v) is 3.13. The van der Waals surface area contributed by atoms with Crippen LogP contribution in [0.4, 0.5) is 0 Å². The quantitative estimate of drug-likeness (QED) is 0.379. The molecule has 0 aromatic carbocycles.